The second kappa shape index (κ2) is 6.88. The quantitative estimate of drug-likeness (QED) is 0.740. The maximum absolute atomic E-state index is 12.7. The molecule has 2 atom stereocenters. The van der Waals surface area contributed by atoms with Gasteiger partial charge in [0.1, 0.15) is 11.6 Å². The van der Waals surface area contributed by atoms with Crippen molar-refractivity contribution in [2.75, 3.05) is 18.4 Å². The normalized spacial score (nSPS) is 20.2. The van der Waals surface area contributed by atoms with E-state index in [1.54, 1.807) is 12.1 Å². The number of carbonyl (C=O) groups is 2. The minimum absolute atomic E-state index is 0.0784. The average molecular weight is 391 g/mol. The Balaban J connectivity index is 1.31. The Kier molecular flexibility index (Phi) is 4.19. The van der Waals surface area contributed by atoms with Gasteiger partial charge in [0.05, 0.1) is 0 Å². The number of fused-ring (bicyclic) bond motifs is 2. The predicted octanol–water partition coefficient (Wildman–Crippen LogP) is 2.38. The van der Waals surface area contributed by atoms with Crippen molar-refractivity contribution in [2.45, 2.75) is 19.9 Å². The Labute approximate surface area is 167 Å². The first-order valence-electron chi connectivity index (χ1n) is 9.72. The number of nitrogens with one attached hydrogen (secondary N) is 1. The lowest BCUT2D eigenvalue weighted by Crippen LogP contribution is -2.31. The van der Waals surface area contributed by atoms with Gasteiger partial charge in [0.25, 0.3) is 11.8 Å². The summed E-state index contributed by atoms with van der Waals surface area (Å²) in [5.74, 6) is 2.45. The number of rotatable bonds is 3. The van der Waals surface area contributed by atoms with Crippen LogP contribution in [0.1, 0.15) is 32.8 Å². The molecule has 3 aromatic rings. The number of likely N-dealkylation sites (tertiary alicyclic amines) is 1. The van der Waals surface area contributed by atoms with Gasteiger partial charge in [-0.3, -0.25) is 9.59 Å². The topological polar surface area (TPSA) is 93.3 Å². The van der Waals surface area contributed by atoms with Gasteiger partial charge < -0.3 is 19.2 Å². The number of carbonyl (C=O) groups excluding carboxylic acids is 2. The molecule has 1 fully saturated rings. The monoisotopic (exact) mass is 391 g/mol. The molecule has 148 valence electrons. The summed E-state index contributed by atoms with van der Waals surface area (Å²) in [6.07, 6.45) is 0.706. The molecule has 0 aliphatic carbocycles. The van der Waals surface area contributed by atoms with Crippen LogP contribution >= 0.6 is 0 Å². The molecular weight excluding hydrogens is 370 g/mol. The van der Waals surface area contributed by atoms with Gasteiger partial charge in [-0.1, -0.05) is 18.2 Å². The van der Waals surface area contributed by atoms with Crippen LogP contribution in [0, 0.1) is 18.8 Å². The lowest BCUT2D eigenvalue weighted by Gasteiger charge is -2.25. The average Bonchev–Trinajstić information content (AvgIpc) is 3.43. The van der Waals surface area contributed by atoms with E-state index in [2.05, 4.69) is 15.5 Å². The number of hydrogen-bond donors (Lipinski definition) is 1. The molecule has 2 amide bonds. The van der Waals surface area contributed by atoms with E-state index in [4.69, 9.17) is 4.42 Å². The fourth-order valence-corrected chi connectivity index (χ4v) is 4.27. The highest BCUT2D eigenvalue weighted by atomic mass is 16.3. The Morgan fingerprint density at radius 1 is 1.03 bits per heavy atom. The van der Waals surface area contributed by atoms with Gasteiger partial charge >= 0.3 is 0 Å². The van der Waals surface area contributed by atoms with E-state index >= 15 is 0 Å². The van der Waals surface area contributed by atoms with Crippen molar-refractivity contribution in [3.05, 3.63) is 65.6 Å². The molecule has 0 bridgehead atoms. The lowest BCUT2D eigenvalue weighted by atomic mass is 9.89. The van der Waals surface area contributed by atoms with Crippen molar-refractivity contribution < 1.29 is 14.0 Å². The molecule has 0 unspecified atom stereocenters. The highest BCUT2D eigenvalue weighted by Gasteiger charge is 2.41. The SMILES string of the molecule is Cc1ccc(C(=O)N2C[C@H]3Cc4nnc(C(=O)Nc5ccccc5)n4C[C@H]3C2)o1. The summed E-state index contributed by atoms with van der Waals surface area (Å²) in [5.41, 5.74) is 0.718. The number of furan rings is 1. The summed E-state index contributed by atoms with van der Waals surface area (Å²) < 4.78 is 7.39. The van der Waals surface area contributed by atoms with Crippen LogP contribution < -0.4 is 5.32 Å². The maximum atomic E-state index is 12.7. The van der Waals surface area contributed by atoms with Gasteiger partial charge in [0.15, 0.2) is 5.76 Å². The Morgan fingerprint density at radius 2 is 1.83 bits per heavy atom. The van der Waals surface area contributed by atoms with Gasteiger partial charge in [0.2, 0.25) is 5.82 Å². The zero-order valence-corrected chi connectivity index (χ0v) is 16.0. The van der Waals surface area contributed by atoms with Crippen molar-refractivity contribution in [3.63, 3.8) is 0 Å². The van der Waals surface area contributed by atoms with Crippen LogP contribution in [-0.2, 0) is 13.0 Å². The summed E-state index contributed by atoms with van der Waals surface area (Å²) in [6.45, 7) is 3.77. The Bertz CT molecular complexity index is 1070. The first kappa shape index (κ1) is 17.7. The highest BCUT2D eigenvalue weighted by Crippen LogP contribution is 2.33. The molecule has 8 nitrogen and oxygen atoms in total. The molecule has 1 saturated heterocycles. The van der Waals surface area contributed by atoms with E-state index in [-0.39, 0.29) is 17.7 Å². The molecule has 8 heteroatoms. The number of hydrogen-bond acceptors (Lipinski definition) is 5. The van der Waals surface area contributed by atoms with E-state index < -0.39 is 0 Å². The predicted molar refractivity (Wildman–Crippen MR) is 104 cm³/mol. The zero-order valence-electron chi connectivity index (χ0n) is 16.0. The van der Waals surface area contributed by atoms with Gasteiger partial charge in [-0.2, -0.15) is 0 Å². The molecule has 29 heavy (non-hydrogen) atoms. The number of aromatic nitrogens is 3. The molecule has 2 aliphatic rings. The minimum Gasteiger partial charge on any atom is -0.456 e. The Morgan fingerprint density at radius 3 is 2.59 bits per heavy atom. The fraction of sp³-hybridized carbons (Fsp3) is 0.333. The van der Waals surface area contributed by atoms with E-state index in [1.165, 1.54) is 0 Å². The molecule has 2 aliphatic heterocycles. The molecule has 0 spiro atoms. The number of nitrogens with zero attached hydrogens (tertiary/aromatic N) is 4. The van der Waals surface area contributed by atoms with Crippen molar-refractivity contribution in [1.29, 1.82) is 0 Å². The molecule has 1 N–H and O–H groups in total. The molecular formula is C21H21N5O3. The molecule has 0 radical (unpaired) electrons. The van der Waals surface area contributed by atoms with E-state index in [1.807, 2.05) is 46.7 Å². The largest absolute Gasteiger partial charge is 0.456 e. The highest BCUT2D eigenvalue weighted by molar-refractivity contribution is 6.01. The summed E-state index contributed by atoms with van der Waals surface area (Å²) in [5, 5.41) is 11.2. The smallest absolute Gasteiger partial charge is 0.293 e. The number of amides is 2. The van der Waals surface area contributed by atoms with Crippen molar-refractivity contribution in [1.82, 2.24) is 19.7 Å². The first-order valence-corrected chi connectivity index (χ1v) is 9.72. The maximum Gasteiger partial charge on any atom is 0.293 e. The van der Waals surface area contributed by atoms with Crippen LogP contribution in [0.15, 0.2) is 46.9 Å². The summed E-state index contributed by atoms with van der Waals surface area (Å²) in [4.78, 5) is 27.3. The Hall–Kier alpha value is -3.42. The number of para-hydroxylation sites is 1. The van der Waals surface area contributed by atoms with Crippen molar-refractivity contribution >= 4 is 17.5 Å². The van der Waals surface area contributed by atoms with Crippen LogP contribution in [-0.4, -0.2) is 44.6 Å². The molecule has 1 aromatic carbocycles. The molecule has 4 heterocycles. The van der Waals surface area contributed by atoms with Crippen LogP contribution in [0.5, 0.6) is 0 Å². The first-order chi connectivity index (χ1) is 14.1. The zero-order chi connectivity index (χ0) is 20.0. The van der Waals surface area contributed by atoms with Gasteiger partial charge in [-0.05, 0) is 43.0 Å². The summed E-state index contributed by atoms with van der Waals surface area (Å²) in [6, 6.07) is 12.8. The van der Waals surface area contributed by atoms with Gasteiger partial charge in [-0.15, -0.1) is 10.2 Å². The summed E-state index contributed by atoms with van der Waals surface area (Å²) >= 11 is 0. The number of anilines is 1. The van der Waals surface area contributed by atoms with Crippen LogP contribution in [0.4, 0.5) is 5.69 Å². The third kappa shape index (κ3) is 3.20. The fourth-order valence-electron chi connectivity index (χ4n) is 4.27. The van der Waals surface area contributed by atoms with E-state index in [0.29, 0.717) is 43.6 Å². The van der Waals surface area contributed by atoms with Crippen LogP contribution in [0.2, 0.25) is 0 Å². The standard InChI is InChI=1S/C21H21N5O3/c1-13-7-8-17(29-13)21(28)25-10-14-9-18-23-24-19(26(18)12-15(14)11-25)20(27)22-16-5-3-2-4-6-16/h2-8,14-15H,9-12H2,1H3,(H,22,27)/t14-,15-/m1/s1. The second-order valence-corrected chi connectivity index (χ2v) is 7.72. The molecule has 0 saturated carbocycles. The van der Waals surface area contributed by atoms with Crippen LogP contribution in [0.25, 0.3) is 0 Å². The molecule has 5 rings (SSSR count). The van der Waals surface area contributed by atoms with Crippen molar-refractivity contribution in [3.8, 4) is 0 Å². The van der Waals surface area contributed by atoms with Gasteiger partial charge in [0, 0.05) is 31.7 Å². The minimum atomic E-state index is -0.273. The second-order valence-electron chi connectivity index (χ2n) is 7.72. The third-order valence-electron chi connectivity index (χ3n) is 5.74. The lowest BCUT2D eigenvalue weighted by molar-refractivity contribution is 0.0750. The van der Waals surface area contributed by atoms with E-state index in [0.717, 1.165) is 17.3 Å². The molecule has 2 aromatic heterocycles. The van der Waals surface area contributed by atoms with Crippen molar-refractivity contribution in [2.24, 2.45) is 11.8 Å². The number of benzene rings is 1. The number of aryl methyl sites for hydroxylation is 1. The summed E-state index contributed by atoms with van der Waals surface area (Å²) in [7, 11) is 0. The van der Waals surface area contributed by atoms with Gasteiger partial charge in [-0.25, -0.2) is 0 Å². The van der Waals surface area contributed by atoms with E-state index in [9.17, 15) is 9.59 Å². The third-order valence-corrected chi connectivity index (χ3v) is 5.74. The van der Waals surface area contributed by atoms with Crippen LogP contribution in [0.3, 0.4) is 0 Å².